The van der Waals surface area contributed by atoms with Crippen molar-refractivity contribution in [2.75, 3.05) is 0 Å². The van der Waals surface area contributed by atoms with Crippen LogP contribution in [0.5, 0.6) is 0 Å². The summed E-state index contributed by atoms with van der Waals surface area (Å²) in [5.74, 6) is -0.875. The van der Waals surface area contributed by atoms with Crippen LogP contribution in [0.3, 0.4) is 0 Å². The Balaban J connectivity index is 1.17. The number of alkyl halides is 4. The van der Waals surface area contributed by atoms with E-state index in [0.29, 0.717) is 32.5 Å². The van der Waals surface area contributed by atoms with Crippen molar-refractivity contribution in [3.8, 4) is 0 Å². The van der Waals surface area contributed by atoms with Crippen molar-refractivity contribution < 1.29 is 22.8 Å². The van der Waals surface area contributed by atoms with Crippen molar-refractivity contribution in [1.29, 1.82) is 0 Å². The van der Waals surface area contributed by atoms with E-state index in [9.17, 15) is 22.8 Å². The molecule has 0 unspecified atom stereocenters. The van der Waals surface area contributed by atoms with Gasteiger partial charge in [-0.3, -0.25) is 23.9 Å². The zero-order valence-electron chi connectivity index (χ0n) is 21.1. The van der Waals surface area contributed by atoms with E-state index >= 15 is 0 Å². The van der Waals surface area contributed by atoms with Crippen LogP contribution in [-0.4, -0.2) is 46.8 Å². The summed E-state index contributed by atoms with van der Waals surface area (Å²) in [5.41, 5.74) is 1.71. The van der Waals surface area contributed by atoms with Gasteiger partial charge in [-0.1, -0.05) is 57.3 Å². The van der Waals surface area contributed by atoms with Crippen LogP contribution in [0.1, 0.15) is 56.2 Å². The van der Waals surface area contributed by atoms with E-state index in [1.165, 1.54) is 16.4 Å². The molecule has 0 aliphatic rings. The maximum absolute atomic E-state index is 12.8. The highest BCUT2D eigenvalue weighted by atomic mass is 127. The SMILES string of the molecule is O=C(NCc1cccc(CI)c1)c1cn(CCCCn2cc(C(=O)NCc3cc(C(F)(F)F)ccn3)nn2)nn1. The van der Waals surface area contributed by atoms with E-state index in [1.807, 2.05) is 24.3 Å². The predicted molar refractivity (Wildman–Crippen MR) is 145 cm³/mol. The molecule has 1 aromatic carbocycles. The molecular formula is C25H25F3IN9O2. The van der Waals surface area contributed by atoms with Crippen LogP contribution in [0.2, 0.25) is 0 Å². The second-order valence-corrected chi connectivity index (χ2v) is 9.56. The smallest absolute Gasteiger partial charge is 0.347 e. The Morgan fingerprint density at radius 2 is 1.45 bits per heavy atom. The van der Waals surface area contributed by atoms with Crippen molar-refractivity contribution in [2.24, 2.45) is 0 Å². The molecule has 0 saturated carbocycles. The number of unbranched alkanes of at least 4 members (excludes halogenated alkanes) is 1. The van der Waals surface area contributed by atoms with Gasteiger partial charge in [0.15, 0.2) is 11.4 Å². The van der Waals surface area contributed by atoms with E-state index < -0.39 is 17.6 Å². The monoisotopic (exact) mass is 667 g/mol. The second kappa shape index (κ2) is 13.5. The first-order valence-corrected chi connectivity index (χ1v) is 13.8. The average molecular weight is 667 g/mol. The van der Waals surface area contributed by atoms with E-state index in [0.717, 1.165) is 28.3 Å². The minimum absolute atomic E-state index is 0.0416. The number of aryl methyl sites for hydroxylation is 2. The fourth-order valence-corrected chi connectivity index (χ4v) is 4.15. The summed E-state index contributed by atoms with van der Waals surface area (Å²) in [6, 6.07) is 9.75. The molecule has 2 amide bonds. The lowest BCUT2D eigenvalue weighted by Gasteiger charge is -2.08. The van der Waals surface area contributed by atoms with E-state index in [1.54, 1.807) is 10.9 Å². The number of carbonyl (C=O) groups is 2. The number of aromatic nitrogens is 7. The van der Waals surface area contributed by atoms with Crippen LogP contribution in [0.4, 0.5) is 13.2 Å². The molecule has 40 heavy (non-hydrogen) atoms. The number of hydrogen-bond acceptors (Lipinski definition) is 7. The summed E-state index contributed by atoms with van der Waals surface area (Å²) in [6.07, 6.45) is 0.999. The van der Waals surface area contributed by atoms with Crippen molar-refractivity contribution in [3.05, 3.63) is 88.8 Å². The van der Waals surface area contributed by atoms with Crippen molar-refractivity contribution >= 4 is 34.4 Å². The predicted octanol–water partition coefficient (Wildman–Crippen LogP) is 3.56. The number of pyridine rings is 1. The molecule has 0 bridgehead atoms. The van der Waals surface area contributed by atoms with Crippen LogP contribution in [0.25, 0.3) is 0 Å². The van der Waals surface area contributed by atoms with Crippen molar-refractivity contribution in [1.82, 2.24) is 45.6 Å². The van der Waals surface area contributed by atoms with Crippen LogP contribution in [0, 0.1) is 0 Å². The highest BCUT2D eigenvalue weighted by Crippen LogP contribution is 2.28. The first-order chi connectivity index (χ1) is 19.2. The van der Waals surface area contributed by atoms with Gasteiger partial charge in [-0.05, 0) is 36.1 Å². The molecule has 3 heterocycles. The van der Waals surface area contributed by atoms with Crippen LogP contribution < -0.4 is 10.6 Å². The molecule has 15 heteroatoms. The van der Waals surface area contributed by atoms with E-state index in [2.05, 4.69) is 58.8 Å². The van der Waals surface area contributed by atoms with Gasteiger partial charge in [0.2, 0.25) is 0 Å². The number of halogens is 4. The van der Waals surface area contributed by atoms with E-state index in [-0.39, 0.29) is 29.5 Å². The quantitative estimate of drug-likeness (QED) is 0.134. The van der Waals surface area contributed by atoms with Gasteiger partial charge < -0.3 is 10.6 Å². The summed E-state index contributed by atoms with van der Waals surface area (Å²) >= 11 is 2.29. The number of carbonyl (C=O) groups excluding carboxylic acids is 2. The maximum Gasteiger partial charge on any atom is 0.416 e. The zero-order valence-corrected chi connectivity index (χ0v) is 23.3. The first-order valence-electron chi connectivity index (χ1n) is 12.2. The Hall–Kier alpha value is -3.89. The topological polar surface area (TPSA) is 133 Å². The minimum Gasteiger partial charge on any atom is -0.347 e. The van der Waals surface area contributed by atoms with Crippen LogP contribution in [-0.2, 0) is 36.8 Å². The number of nitrogens with zero attached hydrogens (tertiary/aromatic N) is 7. The lowest BCUT2D eigenvalue weighted by atomic mass is 10.1. The standard InChI is InChI=1S/C25H25F3IN9O2/c26-25(27,28)19-6-7-30-20(11-19)14-32-24(40)22-16-38(36-34-22)9-2-1-8-37-15-21(33-35-37)23(39)31-13-18-5-3-4-17(10-18)12-29/h3-7,10-11,15-16H,1-2,8-9,12-14H2,(H,31,39)(H,32,40). The minimum atomic E-state index is -4.49. The normalized spacial score (nSPS) is 11.4. The Morgan fingerprint density at radius 1 is 0.850 bits per heavy atom. The van der Waals surface area contributed by atoms with Gasteiger partial charge >= 0.3 is 6.18 Å². The molecule has 210 valence electrons. The molecule has 4 aromatic rings. The molecule has 0 radical (unpaired) electrons. The number of benzene rings is 1. The molecule has 0 aliphatic heterocycles. The van der Waals surface area contributed by atoms with Gasteiger partial charge in [0.25, 0.3) is 11.8 Å². The average Bonchev–Trinajstić information content (AvgIpc) is 3.63. The molecule has 2 N–H and O–H groups in total. The third-order valence-electron chi connectivity index (χ3n) is 5.74. The van der Waals surface area contributed by atoms with Crippen molar-refractivity contribution in [2.45, 2.75) is 49.6 Å². The molecule has 4 rings (SSSR count). The molecule has 0 saturated heterocycles. The second-order valence-electron chi connectivity index (χ2n) is 8.79. The highest BCUT2D eigenvalue weighted by Gasteiger charge is 2.30. The molecule has 0 spiro atoms. The Kier molecular flexibility index (Phi) is 9.79. The maximum atomic E-state index is 12.8. The first kappa shape index (κ1) is 29.1. The lowest BCUT2D eigenvalue weighted by molar-refractivity contribution is -0.137. The summed E-state index contributed by atoms with van der Waals surface area (Å²) < 4.78 is 42.5. The summed E-state index contributed by atoms with van der Waals surface area (Å²) in [7, 11) is 0. The summed E-state index contributed by atoms with van der Waals surface area (Å²) in [6.45, 7) is 1.23. The summed E-state index contributed by atoms with van der Waals surface area (Å²) in [5, 5.41) is 21.0. The highest BCUT2D eigenvalue weighted by molar-refractivity contribution is 14.1. The molecule has 3 aromatic heterocycles. The third-order valence-corrected chi connectivity index (χ3v) is 6.62. The zero-order chi connectivity index (χ0) is 28.5. The lowest BCUT2D eigenvalue weighted by Crippen LogP contribution is -2.24. The molecule has 11 nitrogen and oxygen atoms in total. The Morgan fingerprint density at radius 3 is 2.05 bits per heavy atom. The van der Waals surface area contributed by atoms with Crippen LogP contribution >= 0.6 is 22.6 Å². The number of nitrogens with one attached hydrogen (secondary N) is 2. The van der Waals surface area contributed by atoms with Crippen LogP contribution in [0.15, 0.2) is 55.0 Å². The Bertz CT molecular complexity index is 1460. The Labute approximate surface area is 240 Å². The third kappa shape index (κ3) is 8.30. The van der Waals surface area contributed by atoms with Gasteiger partial charge in [-0.15, -0.1) is 10.2 Å². The van der Waals surface area contributed by atoms with Gasteiger partial charge in [0.05, 0.1) is 30.2 Å². The molecule has 0 aliphatic carbocycles. The van der Waals surface area contributed by atoms with Gasteiger partial charge in [-0.25, -0.2) is 0 Å². The molecule has 0 atom stereocenters. The number of hydrogen-bond donors (Lipinski definition) is 2. The van der Waals surface area contributed by atoms with Gasteiger partial charge in [0, 0.05) is 30.3 Å². The molecule has 0 fully saturated rings. The molecular weight excluding hydrogens is 642 g/mol. The van der Waals surface area contributed by atoms with Gasteiger partial charge in [-0.2, -0.15) is 13.2 Å². The largest absolute Gasteiger partial charge is 0.416 e. The number of rotatable bonds is 12. The van der Waals surface area contributed by atoms with Crippen molar-refractivity contribution in [3.63, 3.8) is 0 Å². The van der Waals surface area contributed by atoms with E-state index in [4.69, 9.17) is 0 Å². The summed E-state index contributed by atoms with van der Waals surface area (Å²) in [4.78, 5) is 28.6. The van der Waals surface area contributed by atoms with Gasteiger partial charge in [0.1, 0.15) is 0 Å². The fourth-order valence-electron chi connectivity index (χ4n) is 3.68. The number of amides is 2. The fraction of sp³-hybridized carbons (Fsp3) is 0.320.